The van der Waals surface area contributed by atoms with E-state index in [1.807, 2.05) is 38.1 Å². The minimum absolute atomic E-state index is 0.109. The van der Waals surface area contributed by atoms with Crippen LogP contribution >= 0.6 is 0 Å². The molecule has 0 saturated heterocycles. The zero-order valence-corrected chi connectivity index (χ0v) is 15.4. The van der Waals surface area contributed by atoms with Crippen LogP contribution in [0.3, 0.4) is 0 Å². The summed E-state index contributed by atoms with van der Waals surface area (Å²) >= 11 is 0. The molecule has 3 aromatic rings. The molecule has 0 atom stereocenters. The lowest BCUT2D eigenvalue weighted by Gasteiger charge is -2.10. The Labute approximate surface area is 157 Å². The summed E-state index contributed by atoms with van der Waals surface area (Å²) in [4.78, 5) is 12.3. The van der Waals surface area contributed by atoms with Gasteiger partial charge in [0, 0.05) is 11.8 Å². The van der Waals surface area contributed by atoms with Crippen LogP contribution in [0.4, 0.5) is 20.6 Å². The average Bonchev–Trinajstić information content (AvgIpc) is 2.89. The Balaban J connectivity index is 1.66. The van der Waals surface area contributed by atoms with Crippen LogP contribution in [0, 0.1) is 26.6 Å². The first-order valence-electron chi connectivity index (χ1n) is 8.49. The first kappa shape index (κ1) is 18.4. The van der Waals surface area contributed by atoms with E-state index in [0.717, 1.165) is 11.3 Å². The Morgan fingerprint density at radius 3 is 2.56 bits per heavy atom. The second kappa shape index (κ2) is 7.90. The summed E-state index contributed by atoms with van der Waals surface area (Å²) in [5, 5.41) is 9.98. The number of rotatable bonds is 5. The molecule has 140 valence electrons. The third-order valence-electron chi connectivity index (χ3n) is 4.08. The lowest BCUT2D eigenvalue weighted by molar-refractivity contribution is 0.217. The molecule has 0 spiro atoms. The molecule has 6 nitrogen and oxygen atoms in total. The molecule has 1 heterocycles. The van der Waals surface area contributed by atoms with E-state index in [9.17, 15) is 9.18 Å². The number of anilines is 2. The second-order valence-electron chi connectivity index (χ2n) is 6.22. The van der Waals surface area contributed by atoms with E-state index >= 15 is 0 Å². The van der Waals surface area contributed by atoms with Crippen LogP contribution in [-0.2, 0) is 6.73 Å². The number of amides is 2. The smallest absolute Gasteiger partial charge is 0.323 e. The van der Waals surface area contributed by atoms with Crippen molar-refractivity contribution >= 4 is 17.4 Å². The number of hydrogen-bond donors (Lipinski definition) is 2. The van der Waals surface area contributed by atoms with E-state index in [2.05, 4.69) is 15.7 Å². The van der Waals surface area contributed by atoms with Gasteiger partial charge in [0.25, 0.3) is 0 Å². The van der Waals surface area contributed by atoms with Crippen LogP contribution in [-0.4, -0.2) is 15.8 Å². The number of hydrogen-bond acceptors (Lipinski definition) is 3. The average molecular weight is 368 g/mol. The van der Waals surface area contributed by atoms with Gasteiger partial charge in [0.2, 0.25) is 0 Å². The van der Waals surface area contributed by atoms with Crippen molar-refractivity contribution < 1.29 is 13.9 Å². The quantitative estimate of drug-likeness (QED) is 0.690. The molecule has 0 aliphatic carbocycles. The van der Waals surface area contributed by atoms with Crippen LogP contribution in [0.15, 0.2) is 48.5 Å². The summed E-state index contributed by atoms with van der Waals surface area (Å²) in [5.41, 5.74) is 3.84. The highest BCUT2D eigenvalue weighted by Crippen LogP contribution is 2.21. The zero-order valence-electron chi connectivity index (χ0n) is 15.4. The van der Waals surface area contributed by atoms with Gasteiger partial charge in [-0.25, -0.2) is 13.9 Å². The number of halogens is 1. The third kappa shape index (κ3) is 4.63. The Morgan fingerprint density at radius 1 is 1.11 bits per heavy atom. The fourth-order valence-corrected chi connectivity index (χ4v) is 2.61. The molecular formula is C20H21FN4O2. The molecule has 2 aromatic carbocycles. The Hall–Kier alpha value is -3.35. The van der Waals surface area contributed by atoms with Crippen LogP contribution in [0.25, 0.3) is 0 Å². The van der Waals surface area contributed by atoms with Gasteiger partial charge in [-0.3, -0.25) is 0 Å². The first-order chi connectivity index (χ1) is 12.9. The molecule has 0 radical (unpaired) electrons. The molecule has 27 heavy (non-hydrogen) atoms. The number of carbonyl (C=O) groups excluding carboxylic acids is 1. The van der Waals surface area contributed by atoms with Gasteiger partial charge < -0.3 is 15.4 Å². The molecule has 7 heteroatoms. The van der Waals surface area contributed by atoms with Crippen molar-refractivity contribution in [3.63, 3.8) is 0 Å². The highest BCUT2D eigenvalue weighted by atomic mass is 19.1. The molecule has 0 aliphatic heterocycles. The van der Waals surface area contributed by atoms with Gasteiger partial charge in [-0.15, -0.1) is 0 Å². The second-order valence-corrected chi connectivity index (χ2v) is 6.22. The van der Waals surface area contributed by atoms with Gasteiger partial charge in [-0.05, 0) is 45.0 Å². The van der Waals surface area contributed by atoms with Crippen molar-refractivity contribution in [1.29, 1.82) is 0 Å². The Bertz CT molecular complexity index is 951. The molecule has 2 amide bonds. The van der Waals surface area contributed by atoms with Crippen molar-refractivity contribution in [3.05, 3.63) is 71.3 Å². The maximum atomic E-state index is 13.2. The number of aryl methyl sites for hydroxylation is 2. The summed E-state index contributed by atoms with van der Waals surface area (Å²) in [6.07, 6.45) is 0. The number of carbonyl (C=O) groups is 1. The Kier molecular flexibility index (Phi) is 5.40. The fraction of sp³-hybridized carbons (Fsp3) is 0.200. The fourth-order valence-electron chi connectivity index (χ4n) is 2.61. The molecule has 1 aromatic heterocycles. The predicted molar refractivity (Wildman–Crippen MR) is 103 cm³/mol. The summed E-state index contributed by atoms with van der Waals surface area (Å²) in [7, 11) is 0. The molecule has 3 rings (SSSR count). The highest BCUT2D eigenvalue weighted by molar-refractivity contribution is 6.00. The van der Waals surface area contributed by atoms with E-state index in [-0.39, 0.29) is 18.6 Å². The first-order valence-corrected chi connectivity index (χ1v) is 8.49. The van der Waals surface area contributed by atoms with Gasteiger partial charge in [-0.2, -0.15) is 5.10 Å². The molecule has 0 bridgehead atoms. The van der Waals surface area contributed by atoms with Gasteiger partial charge in [-0.1, -0.05) is 23.8 Å². The van der Waals surface area contributed by atoms with E-state index in [1.54, 1.807) is 23.7 Å². The van der Waals surface area contributed by atoms with Crippen molar-refractivity contribution in [2.24, 2.45) is 0 Å². The molecule has 0 unspecified atom stereocenters. The summed E-state index contributed by atoms with van der Waals surface area (Å²) in [5.74, 6) is 0.0465. The van der Waals surface area contributed by atoms with Crippen molar-refractivity contribution in [1.82, 2.24) is 9.78 Å². The number of nitrogens with one attached hydrogen (secondary N) is 2. The molecular weight excluding hydrogens is 347 g/mol. The van der Waals surface area contributed by atoms with Gasteiger partial charge in [0.1, 0.15) is 11.6 Å². The van der Waals surface area contributed by atoms with Crippen LogP contribution in [0.5, 0.6) is 5.75 Å². The van der Waals surface area contributed by atoms with E-state index in [1.165, 1.54) is 12.1 Å². The number of nitrogens with zero attached hydrogens (tertiary/aromatic N) is 2. The molecule has 0 saturated carbocycles. The normalized spacial score (nSPS) is 10.5. The number of ether oxygens (including phenoxy) is 1. The maximum Gasteiger partial charge on any atom is 0.323 e. The van der Waals surface area contributed by atoms with Gasteiger partial charge in [0.15, 0.2) is 6.73 Å². The van der Waals surface area contributed by atoms with Crippen LogP contribution in [0.2, 0.25) is 0 Å². The zero-order chi connectivity index (χ0) is 19.4. The SMILES string of the molecule is Cc1ccc(NC(=O)Nc2c(C)nn(COc3cccc(F)c3)c2C)cc1. The van der Waals surface area contributed by atoms with E-state index < -0.39 is 0 Å². The summed E-state index contributed by atoms with van der Waals surface area (Å²) in [6.45, 7) is 5.72. The predicted octanol–water partition coefficient (Wildman–Crippen LogP) is 4.63. The van der Waals surface area contributed by atoms with Crippen molar-refractivity contribution in [3.8, 4) is 5.75 Å². The standard InChI is InChI=1S/C20H21FN4O2/c1-13-7-9-17(10-8-13)22-20(26)23-19-14(2)24-25(15(19)3)12-27-18-6-4-5-16(21)11-18/h4-11H,12H2,1-3H3,(H2,22,23,26). The van der Waals surface area contributed by atoms with Crippen molar-refractivity contribution in [2.45, 2.75) is 27.5 Å². The van der Waals surface area contributed by atoms with Crippen LogP contribution in [0.1, 0.15) is 17.0 Å². The van der Waals surface area contributed by atoms with E-state index in [0.29, 0.717) is 22.8 Å². The number of benzene rings is 2. The number of aromatic nitrogens is 2. The minimum atomic E-state index is -0.365. The number of urea groups is 1. The lowest BCUT2D eigenvalue weighted by Crippen LogP contribution is -2.20. The maximum absolute atomic E-state index is 13.2. The van der Waals surface area contributed by atoms with Crippen LogP contribution < -0.4 is 15.4 Å². The lowest BCUT2D eigenvalue weighted by atomic mass is 10.2. The summed E-state index contributed by atoms with van der Waals surface area (Å²) < 4.78 is 20.4. The van der Waals surface area contributed by atoms with E-state index in [4.69, 9.17) is 4.74 Å². The summed E-state index contributed by atoms with van der Waals surface area (Å²) in [6, 6.07) is 13.1. The monoisotopic (exact) mass is 368 g/mol. The van der Waals surface area contributed by atoms with Gasteiger partial charge >= 0.3 is 6.03 Å². The third-order valence-corrected chi connectivity index (χ3v) is 4.08. The van der Waals surface area contributed by atoms with Crippen molar-refractivity contribution in [2.75, 3.05) is 10.6 Å². The minimum Gasteiger partial charge on any atom is -0.471 e. The topological polar surface area (TPSA) is 68.2 Å². The molecule has 0 fully saturated rings. The van der Waals surface area contributed by atoms with Gasteiger partial charge in [0.05, 0.1) is 17.1 Å². The molecule has 2 N–H and O–H groups in total. The Morgan fingerprint density at radius 2 is 1.85 bits per heavy atom. The largest absolute Gasteiger partial charge is 0.471 e. The highest BCUT2D eigenvalue weighted by Gasteiger charge is 2.14. The molecule has 0 aliphatic rings.